The Balaban J connectivity index is 2.46. The van der Waals surface area contributed by atoms with Crippen LogP contribution in [0.5, 0.6) is 0 Å². The molecule has 0 spiro atoms. The molecule has 0 aliphatic rings. The predicted molar refractivity (Wildman–Crippen MR) is 52.4 cm³/mol. The zero-order chi connectivity index (χ0) is 9.26. The fourth-order valence-corrected chi connectivity index (χ4v) is 1.44. The minimum Gasteiger partial charge on any atom is -0.344 e. The first-order valence-electron chi connectivity index (χ1n) is 3.49. The van der Waals surface area contributed by atoms with Crippen LogP contribution in [0.4, 0.5) is 0 Å². The van der Waals surface area contributed by atoms with E-state index in [0.29, 0.717) is 5.69 Å². The molecule has 0 radical (unpaired) electrons. The van der Waals surface area contributed by atoms with Gasteiger partial charge in [0.25, 0.3) is 0 Å². The maximum absolute atomic E-state index is 5.59. The Bertz CT molecular complexity index is 430. The molecule has 66 valence electrons. The summed E-state index contributed by atoms with van der Waals surface area (Å²) in [6, 6.07) is 3.53. The summed E-state index contributed by atoms with van der Waals surface area (Å²) < 4.78 is 5.62. The lowest BCUT2D eigenvalue weighted by Gasteiger charge is -1.93. The van der Waals surface area contributed by atoms with Crippen LogP contribution in [0.2, 0.25) is 5.22 Å². The molecule has 0 aliphatic heterocycles. The minimum atomic E-state index is 0.273. The summed E-state index contributed by atoms with van der Waals surface area (Å²) in [4.78, 5) is 4.00. The first-order valence-corrected chi connectivity index (χ1v) is 4.66. The Morgan fingerprint density at radius 3 is 2.77 bits per heavy atom. The van der Waals surface area contributed by atoms with Crippen LogP contribution in [0.1, 0.15) is 0 Å². The van der Waals surface area contributed by atoms with Crippen molar-refractivity contribution in [1.29, 1.82) is 0 Å². The van der Waals surface area contributed by atoms with Crippen molar-refractivity contribution in [2.24, 2.45) is 0 Å². The zero-order valence-electron chi connectivity index (χ0n) is 6.37. The van der Waals surface area contributed by atoms with E-state index in [-0.39, 0.29) is 5.22 Å². The molecule has 0 N–H and O–H groups in total. The Labute approximate surface area is 87.8 Å². The quantitative estimate of drug-likeness (QED) is 0.790. The molecule has 2 rings (SSSR count). The highest BCUT2D eigenvalue weighted by Crippen LogP contribution is 2.22. The van der Waals surface area contributed by atoms with Crippen molar-refractivity contribution in [3.8, 4) is 11.3 Å². The molecule has 0 bridgehead atoms. The number of pyridine rings is 1. The number of nitrogens with zero attached hydrogens (tertiary/aromatic N) is 2. The van der Waals surface area contributed by atoms with E-state index in [1.807, 2.05) is 6.07 Å². The number of aromatic nitrogens is 2. The van der Waals surface area contributed by atoms with Crippen LogP contribution in [0, 0.1) is 0 Å². The first kappa shape index (κ1) is 8.72. The maximum atomic E-state index is 5.59. The lowest BCUT2D eigenvalue weighted by molar-refractivity contribution is 0.424. The van der Waals surface area contributed by atoms with Gasteiger partial charge < -0.3 is 4.52 Å². The third kappa shape index (κ3) is 1.89. The molecule has 0 aliphatic carbocycles. The van der Waals surface area contributed by atoms with E-state index in [1.165, 1.54) is 0 Å². The van der Waals surface area contributed by atoms with Gasteiger partial charge in [-0.05, 0) is 33.6 Å². The Kier molecular flexibility index (Phi) is 2.33. The van der Waals surface area contributed by atoms with Crippen molar-refractivity contribution in [2.75, 3.05) is 0 Å². The second kappa shape index (κ2) is 3.47. The van der Waals surface area contributed by atoms with Gasteiger partial charge in [-0.15, -0.1) is 0 Å². The van der Waals surface area contributed by atoms with Gasteiger partial charge in [-0.3, -0.25) is 4.98 Å². The van der Waals surface area contributed by atoms with Crippen molar-refractivity contribution in [2.45, 2.75) is 0 Å². The van der Waals surface area contributed by atoms with Crippen molar-refractivity contribution < 1.29 is 4.52 Å². The second-order valence-corrected chi connectivity index (χ2v) is 3.70. The van der Waals surface area contributed by atoms with Gasteiger partial charge in [-0.1, -0.05) is 5.16 Å². The molecule has 5 heteroatoms. The number of hydrogen-bond acceptors (Lipinski definition) is 3. The molecule has 2 heterocycles. The van der Waals surface area contributed by atoms with E-state index in [2.05, 4.69) is 26.1 Å². The molecule has 3 nitrogen and oxygen atoms in total. The summed E-state index contributed by atoms with van der Waals surface area (Å²) in [7, 11) is 0. The Hall–Kier alpha value is -0.870. The Morgan fingerprint density at radius 1 is 1.31 bits per heavy atom. The van der Waals surface area contributed by atoms with Gasteiger partial charge in [-0.2, -0.15) is 0 Å². The number of halogens is 2. The monoisotopic (exact) mass is 258 g/mol. The molecule has 0 saturated carbocycles. The molecular formula is C8H4BrClN2O. The lowest BCUT2D eigenvalue weighted by atomic mass is 10.2. The van der Waals surface area contributed by atoms with Gasteiger partial charge in [-0.25, -0.2) is 0 Å². The van der Waals surface area contributed by atoms with Gasteiger partial charge in [0.2, 0.25) is 5.22 Å². The smallest absolute Gasteiger partial charge is 0.226 e. The molecule has 2 aromatic heterocycles. The largest absolute Gasteiger partial charge is 0.344 e. The molecular weight excluding hydrogens is 255 g/mol. The van der Waals surface area contributed by atoms with Gasteiger partial charge in [0.1, 0.15) is 5.69 Å². The molecule has 0 saturated heterocycles. The summed E-state index contributed by atoms with van der Waals surface area (Å²) in [5.41, 5.74) is 1.55. The molecule has 2 aromatic rings. The predicted octanol–water partition coefficient (Wildman–Crippen LogP) is 3.15. The highest BCUT2D eigenvalue weighted by atomic mass is 79.9. The third-order valence-electron chi connectivity index (χ3n) is 1.48. The molecule has 0 fully saturated rings. The first-order chi connectivity index (χ1) is 6.25. The average Bonchev–Trinajstić information content (AvgIpc) is 2.52. The summed E-state index contributed by atoms with van der Waals surface area (Å²) in [6.45, 7) is 0. The van der Waals surface area contributed by atoms with Gasteiger partial charge in [0.15, 0.2) is 0 Å². The van der Waals surface area contributed by atoms with Crippen molar-refractivity contribution in [3.63, 3.8) is 0 Å². The highest BCUT2D eigenvalue weighted by Gasteiger charge is 2.04. The van der Waals surface area contributed by atoms with Crippen LogP contribution in [0.25, 0.3) is 11.3 Å². The van der Waals surface area contributed by atoms with Crippen LogP contribution in [0.3, 0.4) is 0 Å². The zero-order valence-corrected chi connectivity index (χ0v) is 8.71. The van der Waals surface area contributed by atoms with Gasteiger partial charge >= 0.3 is 0 Å². The van der Waals surface area contributed by atoms with Gasteiger partial charge in [0.05, 0.1) is 0 Å². The third-order valence-corrected chi connectivity index (χ3v) is 2.09. The van der Waals surface area contributed by atoms with Crippen LogP contribution < -0.4 is 0 Å². The lowest BCUT2D eigenvalue weighted by Crippen LogP contribution is -1.79. The average molecular weight is 259 g/mol. The number of rotatable bonds is 1. The summed E-state index contributed by atoms with van der Waals surface area (Å²) in [6.07, 6.45) is 3.39. The van der Waals surface area contributed by atoms with Crippen LogP contribution in [-0.2, 0) is 0 Å². The van der Waals surface area contributed by atoms with E-state index >= 15 is 0 Å². The summed E-state index contributed by atoms with van der Waals surface area (Å²) in [5, 5.41) is 4.03. The topological polar surface area (TPSA) is 38.9 Å². The molecule has 13 heavy (non-hydrogen) atoms. The summed E-state index contributed by atoms with van der Waals surface area (Å²) in [5.74, 6) is 0. The van der Waals surface area contributed by atoms with Gasteiger partial charge in [0, 0.05) is 28.5 Å². The maximum Gasteiger partial charge on any atom is 0.226 e. The molecule has 0 atom stereocenters. The normalized spacial score (nSPS) is 10.3. The molecule has 0 amide bonds. The van der Waals surface area contributed by atoms with Crippen molar-refractivity contribution in [1.82, 2.24) is 10.1 Å². The Morgan fingerprint density at radius 2 is 2.15 bits per heavy atom. The van der Waals surface area contributed by atoms with Crippen LogP contribution >= 0.6 is 27.5 Å². The fraction of sp³-hybridized carbons (Fsp3) is 0. The molecule has 0 unspecified atom stereocenters. The van der Waals surface area contributed by atoms with E-state index < -0.39 is 0 Å². The van der Waals surface area contributed by atoms with E-state index in [4.69, 9.17) is 16.1 Å². The second-order valence-electron chi connectivity index (χ2n) is 2.41. The van der Waals surface area contributed by atoms with E-state index in [9.17, 15) is 0 Å². The van der Waals surface area contributed by atoms with Crippen molar-refractivity contribution in [3.05, 3.63) is 34.2 Å². The highest BCUT2D eigenvalue weighted by molar-refractivity contribution is 9.10. The fourth-order valence-electron chi connectivity index (χ4n) is 0.941. The standard InChI is InChI=1S/C8H4BrClN2O/c9-6-1-5(3-11-4-6)7-2-8(10)13-12-7/h1-4H. The van der Waals surface area contributed by atoms with E-state index in [0.717, 1.165) is 10.0 Å². The minimum absolute atomic E-state index is 0.273. The summed E-state index contributed by atoms with van der Waals surface area (Å²) >= 11 is 8.90. The SMILES string of the molecule is Clc1cc(-c2cncc(Br)c2)no1. The molecule has 0 aromatic carbocycles. The van der Waals surface area contributed by atoms with Crippen LogP contribution in [-0.4, -0.2) is 10.1 Å². The van der Waals surface area contributed by atoms with E-state index in [1.54, 1.807) is 18.5 Å². The van der Waals surface area contributed by atoms with Crippen molar-refractivity contribution >= 4 is 27.5 Å². The van der Waals surface area contributed by atoms with Crippen LogP contribution in [0.15, 0.2) is 33.5 Å². The number of hydrogen-bond donors (Lipinski definition) is 0.